The number of nitriles is 1. The minimum Gasteiger partial charge on any atom is -0.301 e. The molecule has 0 aliphatic heterocycles. The smallest absolute Gasteiger partial charge is 0.270 e. The lowest BCUT2D eigenvalue weighted by Crippen LogP contribution is -2.19. The number of hydrogen-bond donors (Lipinski definition) is 0. The first-order chi connectivity index (χ1) is 4.75. The maximum Gasteiger partial charge on any atom is 0.270 e. The van der Waals surface area contributed by atoms with E-state index in [9.17, 15) is 4.79 Å². The van der Waals surface area contributed by atoms with Crippen LogP contribution in [0.5, 0.6) is 0 Å². The van der Waals surface area contributed by atoms with Gasteiger partial charge in [0, 0.05) is 7.05 Å². The van der Waals surface area contributed by atoms with Crippen LogP contribution in [-0.4, -0.2) is 9.55 Å². The van der Waals surface area contributed by atoms with Gasteiger partial charge in [-0.1, -0.05) is 0 Å². The zero-order valence-electron chi connectivity index (χ0n) is 5.40. The molecule has 0 aliphatic rings. The van der Waals surface area contributed by atoms with Gasteiger partial charge in [-0.05, 0) is 0 Å². The standard InChI is InChI=1S/C6H5N3O/c1-9-4-8-3-5(2-7)6(9)10/h3-4H,1H3. The first-order valence-electron chi connectivity index (χ1n) is 2.66. The highest BCUT2D eigenvalue weighted by molar-refractivity contribution is 5.21. The van der Waals surface area contributed by atoms with Crippen LogP contribution in [0.4, 0.5) is 0 Å². The van der Waals surface area contributed by atoms with E-state index in [-0.39, 0.29) is 11.1 Å². The highest BCUT2D eigenvalue weighted by Gasteiger charge is 1.96. The van der Waals surface area contributed by atoms with Crippen LogP contribution in [0.3, 0.4) is 0 Å². The monoisotopic (exact) mass is 135 g/mol. The van der Waals surface area contributed by atoms with Gasteiger partial charge >= 0.3 is 0 Å². The van der Waals surface area contributed by atoms with Crippen LogP contribution in [0.1, 0.15) is 5.56 Å². The van der Waals surface area contributed by atoms with Crippen LogP contribution in [0.15, 0.2) is 17.3 Å². The van der Waals surface area contributed by atoms with Crippen molar-refractivity contribution in [1.82, 2.24) is 9.55 Å². The summed E-state index contributed by atoms with van der Waals surface area (Å²) < 4.78 is 1.26. The van der Waals surface area contributed by atoms with Gasteiger partial charge in [0.25, 0.3) is 5.56 Å². The maximum atomic E-state index is 10.9. The first kappa shape index (κ1) is 6.49. The third-order valence-electron chi connectivity index (χ3n) is 1.11. The molecule has 0 aliphatic carbocycles. The summed E-state index contributed by atoms with van der Waals surface area (Å²) in [5.41, 5.74) is -0.234. The summed E-state index contributed by atoms with van der Waals surface area (Å²) in [5.74, 6) is 0. The van der Waals surface area contributed by atoms with E-state index in [0.717, 1.165) is 0 Å². The van der Waals surface area contributed by atoms with E-state index >= 15 is 0 Å². The molecule has 0 fully saturated rings. The number of aryl methyl sites for hydroxylation is 1. The summed E-state index contributed by atoms with van der Waals surface area (Å²) >= 11 is 0. The molecule has 0 unspecified atom stereocenters. The minimum absolute atomic E-state index is 0.0741. The van der Waals surface area contributed by atoms with E-state index in [1.165, 1.54) is 17.1 Å². The number of hydrogen-bond acceptors (Lipinski definition) is 3. The highest BCUT2D eigenvalue weighted by atomic mass is 16.1. The van der Waals surface area contributed by atoms with Crippen molar-refractivity contribution in [1.29, 1.82) is 5.26 Å². The summed E-state index contributed by atoms with van der Waals surface area (Å²) in [5, 5.41) is 8.34. The number of nitrogens with zero attached hydrogens (tertiary/aromatic N) is 3. The summed E-state index contributed by atoms with van der Waals surface area (Å²) in [4.78, 5) is 14.6. The molecule has 4 nitrogen and oxygen atoms in total. The lowest BCUT2D eigenvalue weighted by atomic mass is 10.4. The van der Waals surface area contributed by atoms with Gasteiger partial charge in [-0.15, -0.1) is 0 Å². The molecule has 0 bridgehead atoms. The number of aromatic nitrogens is 2. The fourth-order valence-corrected chi connectivity index (χ4v) is 0.582. The van der Waals surface area contributed by atoms with Gasteiger partial charge < -0.3 is 4.57 Å². The molecule has 10 heavy (non-hydrogen) atoms. The van der Waals surface area contributed by atoms with Crippen LogP contribution >= 0.6 is 0 Å². The van der Waals surface area contributed by atoms with Gasteiger partial charge in [0.1, 0.15) is 11.6 Å². The Morgan fingerprint density at radius 2 is 2.50 bits per heavy atom. The molecule has 0 N–H and O–H groups in total. The molecule has 1 rings (SSSR count). The van der Waals surface area contributed by atoms with E-state index in [1.807, 2.05) is 0 Å². The van der Waals surface area contributed by atoms with Crippen molar-refractivity contribution in [3.63, 3.8) is 0 Å². The molecule has 0 spiro atoms. The average Bonchev–Trinajstić information content (AvgIpc) is 1.95. The van der Waals surface area contributed by atoms with Gasteiger partial charge in [0.2, 0.25) is 0 Å². The average molecular weight is 135 g/mol. The molecular formula is C6H5N3O. The van der Waals surface area contributed by atoms with E-state index in [1.54, 1.807) is 13.1 Å². The largest absolute Gasteiger partial charge is 0.301 e. The molecule has 0 radical (unpaired) electrons. The van der Waals surface area contributed by atoms with Crippen molar-refractivity contribution in [2.24, 2.45) is 7.05 Å². The van der Waals surface area contributed by atoms with E-state index in [0.29, 0.717) is 0 Å². The van der Waals surface area contributed by atoms with Crippen molar-refractivity contribution in [3.8, 4) is 6.07 Å². The highest BCUT2D eigenvalue weighted by Crippen LogP contribution is 1.80. The molecular weight excluding hydrogens is 130 g/mol. The second kappa shape index (κ2) is 2.31. The first-order valence-corrected chi connectivity index (χ1v) is 2.66. The Morgan fingerprint density at radius 1 is 1.80 bits per heavy atom. The Bertz CT molecular complexity index is 334. The molecule has 4 heteroatoms. The van der Waals surface area contributed by atoms with Gasteiger partial charge in [0.15, 0.2) is 0 Å². The van der Waals surface area contributed by atoms with E-state index in [4.69, 9.17) is 5.26 Å². The maximum absolute atomic E-state index is 10.9. The summed E-state index contributed by atoms with van der Waals surface area (Å²) in [6, 6.07) is 1.74. The zero-order chi connectivity index (χ0) is 7.56. The zero-order valence-corrected chi connectivity index (χ0v) is 5.40. The predicted molar refractivity (Wildman–Crippen MR) is 34.2 cm³/mol. The minimum atomic E-state index is -0.308. The van der Waals surface area contributed by atoms with Gasteiger partial charge in [-0.25, -0.2) is 4.98 Å². The second-order valence-corrected chi connectivity index (χ2v) is 1.84. The van der Waals surface area contributed by atoms with Crippen molar-refractivity contribution in [2.75, 3.05) is 0 Å². The third kappa shape index (κ3) is 0.890. The van der Waals surface area contributed by atoms with E-state index in [2.05, 4.69) is 4.98 Å². The summed E-state index contributed by atoms with van der Waals surface area (Å²) in [7, 11) is 1.55. The quantitative estimate of drug-likeness (QED) is 0.488. The van der Waals surface area contributed by atoms with Gasteiger partial charge in [0.05, 0.1) is 12.5 Å². The molecule has 0 amide bonds. The predicted octanol–water partition coefficient (Wildman–Crippen LogP) is -0.348. The topological polar surface area (TPSA) is 58.7 Å². The Labute approximate surface area is 57.4 Å². The fourth-order valence-electron chi connectivity index (χ4n) is 0.582. The Balaban J connectivity index is 3.47. The second-order valence-electron chi connectivity index (χ2n) is 1.84. The Morgan fingerprint density at radius 3 is 3.00 bits per heavy atom. The normalized spacial score (nSPS) is 8.80. The molecule has 1 heterocycles. The molecule has 1 aromatic rings. The Hall–Kier alpha value is -1.63. The van der Waals surface area contributed by atoms with Crippen molar-refractivity contribution >= 4 is 0 Å². The van der Waals surface area contributed by atoms with Crippen LogP contribution < -0.4 is 5.56 Å². The molecule has 1 aromatic heterocycles. The third-order valence-corrected chi connectivity index (χ3v) is 1.11. The molecule has 0 aromatic carbocycles. The van der Waals surface area contributed by atoms with Crippen LogP contribution in [0.25, 0.3) is 0 Å². The summed E-state index contributed by atoms with van der Waals surface area (Å²) in [6.45, 7) is 0. The Kier molecular flexibility index (Phi) is 1.50. The molecule has 50 valence electrons. The molecule has 0 saturated carbocycles. The lowest BCUT2D eigenvalue weighted by Gasteiger charge is -1.92. The lowest BCUT2D eigenvalue weighted by molar-refractivity contribution is 0.819. The SMILES string of the molecule is Cn1cncc(C#N)c1=O. The van der Waals surface area contributed by atoms with Gasteiger partial charge in [-0.2, -0.15) is 5.26 Å². The molecule has 0 saturated heterocycles. The number of rotatable bonds is 0. The fraction of sp³-hybridized carbons (Fsp3) is 0.167. The van der Waals surface area contributed by atoms with Crippen molar-refractivity contribution in [2.45, 2.75) is 0 Å². The van der Waals surface area contributed by atoms with Crippen LogP contribution in [-0.2, 0) is 7.05 Å². The van der Waals surface area contributed by atoms with E-state index < -0.39 is 0 Å². The van der Waals surface area contributed by atoms with Crippen LogP contribution in [0, 0.1) is 11.3 Å². The van der Waals surface area contributed by atoms with Crippen molar-refractivity contribution in [3.05, 3.63) is 28.4 Å². The van der Waals surface area contributed by atoms with Gasteiger partial charge in [-0.3, -0.25) is 4.79 Å². The summed E-state index contributed by atoms with van der Waals surface area (Å²) in [6.07, 6.45) is 2.62. The van der Waals surface area contributed by atoms with Crippen LogP contribution in [0.2, 0.25) is 0 Å². The van der Waals surface area contributed by atoms with Crippen molar-refractivity contribution < 1.29 is 0 Å². The molecule has 0 atom stereocenters.